The number of aryl methyl sites for hydroxylation is 1. The summed E-state index contributed by atoms with van der Waals surface area (Å²) in [5, 5.41) is 12.1. The summed E-state index contributed by atoms with van der Waals surface area (Å²) in [6, 6.07) is 2.13. The van der Waals surface area contributed by atoms with Crippen LogP contribution in [0, 0.1) is 6.92 Å². The molecule has 104 valence electrons. The van der Waals surface area contributed by atoms with E-state index in [4.69, 9.17) is 0 Å². The van der Waals surface area contributed by atoms with Crippen molar-refractivity contribution in [1.29, 1.82) is 0 Å². The molecule has 0 bridgehead atoms. The zero-order valence-electron chi connectivity index (χ0n) is 12.4. The first kappa shape index (κ1) is 13.8. The van der Waals surface area contributed by atoms with Gasteiger partial charge in [-0.25, -0.2) is 0 Å². The first-order chi connectivity index (χ1) is 8.99. The van der Waals surface area contributed by atoms with E-state index < -0.39 is 0 Å². The van der Waals surface area contributed by atoms with Crippen LogP contribution in [0.1, 0.15) is 31.2 Å². The molecule has 0 saturated carbocycles. The van der Waals surface area contributed by atoms with E-state index in [1.54, 1.807) is 0 Å². The lowest BCUT2D eigenvalue weighted by Gasteiger charge is -2.13. The highest BCUT2D eigenvalue weighted by atomic mass is 15.3. The van der Waals surface area contributed by atoms with Crippen LogP contribution in [0.2, 0.25) is 0 Å². The summed E-state index contributed by atoms with van der Waals surface area (Å²) in [6.45, 7) is 8.26. The largest absolute Gasteiger partial charge is 0.381 e. The van der Waals surface area contributed by atoms with E-state index in [9.17, 15) is 0 Å². The molecule has 0 unspecified atom stereocenters. The molecule has 0 atom stereocenters. The minimum atomic E-state index is 0.367. The van der Waals surface area contributed by atoms with Gasteiger partial charge in [-0.05, 0) is 32.6 Å². The third kappa shape index (κ3) is 3.04. The van der Waals surface area contributed by atoms with Crippen LogP contribution in [-0.4, -0.2) is 46.7 Å². The lowest BCUT2D eigenvalue weighted by atomic mass is 10.2. The van der Waals surface area contributed by atoms with Crippen LogP contribution in [-0.2, 0) is 0 Å². The number of nitrogens with one attached hydrogen (secondary N) is 1. The van der Waals surface area contributed by atoms with Crippen molar-refractivity contribution in [2.75, 3.05) is 32.5 Å². The Morgan fingerprint density at radius 3 is 2.68 bits per heavy atom. The quantitative estimate of drug-likeness (QED) is 0.895. The van der Waals surface area contributed by atoms with E-state index in [0.717, 1.165) is 30.2 Å². The molecule has 2 heterocycles. The Balaban J connectivity index is 2.33. The minimum Gasteiger partial charge on any atom is -0.381 e. The van der Waals surface area contributed by atoms with Gasteiger partial charge in [-0.2, -0.15) is 0 Å². The average molecular weight is 261 g/mol. The van der Waals surface area contributed by atoms with Gasteiger partial charge in [-0.15, -0.1) is 10.2 Å². The van der Waals surface area contributed by atoms with Crippen molar-refractivity contribution in [2.24, 2.45) is 0 Å². The maximum absolute atomic E-state index is 4.32. The van der Waals surface area contributed by atoms with E-state index in [1.165, 1.54) is 5.56 Å². The van der Waals surface area contributed by atoms with Gasteiger partial charge < -0.3 is 10.2 Å². The fourth-order valence-electron chi connectivity index (χ4n) is 2.09. The molecule has 5 heteroatoms. The standard InChI is InChI=1S/C14H23N5/c1-10(2)13-16-17-14-12(15-6-7-18(4)5)8-11(3)9-19(13)14/h8-10,15H,6-7H2,1-5H3. The second-order valence-corrected chi connectivity index (χ2v) is 5.57. The van der Waals surface area contributed by atoms with Crippen molar-refractivity contribution in [3.8, 4) is 0 Å². The van der Waals surface area contributed by atoms with Crippen molar-refractivity contribution in [3.05, 3.63) is 23.7 Å². The second-order valence-electron chi connectivity index (χ2n) is 5.57. The Bertz CT molecular complexity index is 556. The molecule has 0 aliphatic carbocycles. The number of nitrogens with zero attached hydrogens (tertiary/aromatic N) is 4. The van der Waals surface area contributed by atoms with Gasteiger partial charge in [0.2, 0.25) is 0 Å². The van der Waals surface area contributed by atoms with Gasteiger partial charge in [0.05, 0.1) is 5.69 Å². The zero-order chi connectivity index (χ0) is 14.0. The SMILES string of the molecule is Cc1cc(NCCN(C)C)c2nnc(C(C)C)n2c1. The molecule has 19 heavy (non-hydrogen) atoms. The Labute approximate surface area is 114 Å². The summed E-state index contributed by atoms with van der Waals surface area (Å²) in [7, 11) is 4.14. The highest BCUT2D eigenvalue weighted by molar-refractivity contribution is 5.68. The second kappa shape index (κ2) is 5.57. The molecule has 2 aromatic heterocycles. The van der Waals surface area contributed by atoms with Crippen LogP contribution in [0.4, 0.5) is 5.69 Å². The molecule has 0 spiro atoms. The third-order valence-corrected chi connectivity index (χ3v) is 3.06. The molecule has 0 radical (unpaired) electrons. The number of hydrogen-bond acceptors (Lipinski definition) is 4. The summed E-state index contributed by atoms with van der Waals surface area (Å²) in [6.07, 6.45) is 2.10. The summed E-state index contributed by atoms with van der Waals surface area (Å²) in [4.78, 5) is 2.16. The molecule has 0 aromatic carbocycles. The fourth-order valence-corrected chi connectivity index (χ4v) is 2.09. The minimum absolute atomic E-state index is 0.367. The third-order valence-electron chi connectivity index (χ3n) is 3.06. The van der Waals surface area contributed by atoms with Crippen molar-refractivity contribution in [3.63, 3.8) is 0 Å². The van der Waals surface area contributed by atoms with Crippen LogP contribution in [0.25, 0.3) is 5.65 Å². The predicted molar refractivity (Wildman–Crippen MR) is 78.9 cm³/mol. The maximum atomic E-state index is 4.32. The van der Waals surface area contributed by atoms with Crippen molar-refractivity contribution in [1.82, 2.24) is 19.5 Å². The number of rotatable bonds is 5. The van der Waals surface area contributed by atoms with E-state index in [0.29, 0.717) is 5.92 Å². The summed E-state index contributed by atoms with van der Waals surface area (Å²) in [5.74, 6) is 1.38. The van der Waals surface area contributed by atoms with E-state index in [1.807, 2.05) is 0 Å². The fraction of sp³-hybridized carbons (Fsp3) is 0.571. The molecule has 0 saturated heterocycles. The van der Waals surface area contributed by atoms with Gasteiger partial charge in [0.1, 0.15) is 5.82 Å². The average Bonchev–Trinajstić information content (AvgIpc) is 2.71. The first-order valence-corrected chi connectivity index (χ1v) is 6.73. The van der Waals surface area contributed by atoms with Crippen molar-refractivity contribution >= 4 is 11.3 Å². The Hall–Kier alpha value is -1.62. The molecule has 1 N–H and O–H groups in total. The Morgan fingerprint density at radius 1 is 1.32 bits per heavy atom. The summed E-state index contributed by atoms with van der Waals surface area (Å²) in [5.41, 5.74) is 3.18. The molecule has 0 fully saturated rings. The smallest absolute Gasteiger partial charge is 0.184 e. The van der Waals surface area contributed by atoms with E-state index in [2.05, 4.69) is 71.9 Å². The molecular formula is C14H23N5. The Morgan fingerprint density at radius 2 is 2.05 bits per heavy atom. The number of anilines is 1. The predicted octanol–water partition coefficient (Wildman–Crippen LogP) is 2.13. The van der Waals surface area contributed by atoms with E-state index in [-0.39, 0.29) is 0 Å². The van der Waals surface area contributed by atoms with E-state index >= 15 is 0 Å². The van der Waals surface area contributed by atoms with Crippen LogP contribution >= 0.6 is 0 Å². The zero-order valence-corrected chi connectivity index (χ0v) is 12.4. The first-order valence-electron chi connectivity index (χ1n) is 6.73. The van der Waals surface area contributed by atoms with Gasteiger partial charge >= 0.3 is 0 Å². The van der Waals surface area contributed by atoms with Crippen LogP contribution in [0.5, 0.6) is 0 Å². The highest BCUT2D eigenvalue weighted by Crippen LogP contribution is 2.21. The lowest BCUT2D eigenvalue weighted by molar-refractivity contribution is 0.425. The topological polar surface area (TPSA) is 45.5 Å². The summed E-state index contributed by atoms with van der Waals surface area (Å²) < 4.78 is 2.10. The van der Waals surface area contributed by atoms with Crippen molar-refractivity contribution in [2.45, 2.75) is 26.7 Å². The number of hydrogen-bond donors (Lipinski definition) is 1. The van der Waals surface area contributed by atoms with Gasteiger partial charge in [0, 0.05) is 25.2 Å². The molecule has 2 aromatic rings. The van der Waals surface area contributed by atoms with Gasteiger partial charge in [-0.3, -0.25) is 4.40 Å². The number of likely N-dealkylation sites (N-methyl/N-ethyl adjacent to an activating group) is 1. The van der Waals surface area contributed by atoms with Gasteiger partial charge in [0.15, 0.2) is 5.65 Å². The van der Waals surface area contributed by atoms with Crippen LogP contribution in [0.15, 0.2) is 12.3 Å². The number of fused-ring (bicyclic) bond motifs is 1. The van der Waals surface area contributed by atoms with Gasteiger partial charge in [0.25, 0.3) is 0 Å². The van der Waals surface area contributed by atoms with Crippen LogP contribution < -0.4 is 5.32 Å². The number of aromatic nitrogens is 3. The molecule has 2 rings (SSSR count). The lowest BCUT2D eigenvalue weighted by Crippen LogP contribution is -2.21. The molecular weight excluding hydrogens is 238 g/mol. The number of pyridine rings is 1. The summed E-state index contributed by atoms with van der Waals surface area (Å²) >= 11 is 0. The highest BCUT2D eigenvalue weighted by Gasteiger charge is 2.12. The maximum Gasteiger partial charge on any atom is 0.184 e. The normalized spacial score (nSPS) is 11.7. The molecule has 0 aliphatic rings. The monoisotopic (exact) mass is 261 g/mol. The molecule has 0 amide bonds. The van der Waals surface area contributed by atoms with Gasteiger partial charge in [-0.1, -0.05) is 13.8 Å². The Kier molecular flexibility index (Phi) is 4.04. The molecule has 0 aliphatic heterocycles. The van der Waals surface area contributed by atoms with Crippen molar-refractivity contribution < 1.29 is 0 Å². The molecule has 5 nitrogen and oxygen atoms in total. The van der Waals surface area contributed by atoms with Crippen LogP contribution in [0.3, 0.4) is 0 Å².